The van der Waals surface area contributed by atoms with Crippen molar-refractivity contribution >= 4 is 33.1 Å². The highest BCUT2D eigenvalue weighted by Gasteiger charge is 2.27. The Kier molecular flexibility index (Phi) is 3.61. The van der Waals surface area contributed by atoms with E-state index >= 15 is 0 Å². The normalized spacial score (nSPS) is 14.1. The quantitative estimate of drug-likeness (QED) is 0.750. The highest BCUT2D eigenvalue weighted by molar-refractivity contribution is 7.14. The average molecular weight is 337 g/mol. The van der Waals surface area contributed by atoms with E-state index in [1.54, 1.807) is 5.51 Å². The summed E-state index contributed by atoms with van der Waals surface area (Å²) in [6, 6.07) is 6.16. The van der Waals surface area contributed by atoms with Gasteiger partial charge in [0.2, 0.25) is 0 Å². The summed E-state index contributed by atoms with van der Waals surface area (Å²) in [7, 11) is 0. The third-order valence-electron chi connectivity index (χ3n) is 4.48. The molecule has 1 saturated carbocycles. The molecule has 1 amide bonds. The second-order valence-electron chi connectivity index (χ2n) is 6.57. The minimum atomic E-state index is -0.0818. The maximum Gasteiger partial charge on any atom is 0.257 e. The molecule has 122 valence electrons. The number of anilines is 1. The zero-order valence-electron chi connectivity index (χ0n) is 14.0. The molecule has 1 fully saturated rings. The molecule has 0 bridgehead atoms. The molecule has 3 aromatic rings. The van der Waals surface area contributed by atoms with E-state index < -0.39 is 0 Å². The van der Waals surface area contributed by atoms with Gasteiger partial charge in [-0.25, -0.2) is 4.98 Å². The number of nitrogens with one attached hydrogen (secondary N) is 1. The van der Waals surface area contributed by atoms with E-state index in [-0.39, 0.29) is 5.91 Å². The molecule has 0 spiro atoms. The lowest BCUT2D eigenvalue weighted by atomic mass is 10.00. The zero-order chi connectivity index (χ0) is 16.8. The van der Waals surface area contributed by atoms with Crippen molar-refractivity contribution in [2.75, 3.05) is 5.32 Å². The number of carbonyl (C=O) groups is 1. The fourth-order valence-electron chi connectivity index (χ4n) is 3.07. The van der Waals surface area contributed by atoms with Crippen molar-refractivity contribution in [3.05, 3.63) is 51.8 Å². The van der Waals surface area contributed by atoms with Crippen LogP contribution in [0.5, 0.6) is 0 Å². The number of hydrogen-bond acceptors (Lipinski definition) is 4. The molecule has 5 heteroatoms. The van der Waals surface area contributed by atoms with Gasteiger partial charge in [0, 0.05) is 17.0 Å². The Balaban J connectivity index is 1.86. The second kappa shape index (κ2) is 5.67. The minimum Gasteiger partial charge on any atom is -0.312 e. The van der Waals surface area contributed by atoms with E-state index in [1.165, 1.54) is 24.2 Å². The summed E-state index contributed by atoms with van der Waals surface area (Å²) >= 11 is 1.45. The van der Waals surface area contributed by atoms with E-state index in [0.717, 1.165) is 38.4 Å². The SMILES string of the molecule is Cc1cc(C)c2nc(C3CC3)cc(C(=O)Nc3scnc3C)c2c1. The topological polar surface area (TPSA) is 54.9 Å². The predicted molar refractivity (Wildman–Crippen MR) is 98.0 cm³/mol. The van der Waals surface area contributed by atoms with Gasteiger partial charge in [0.15, 0.2) is 0 Å². The van der Waals surface area contributed by atoms with Crippen molar-refractivity contribution in [1.82, 2.24) is 9.97 Å². The zero-order valence-corrected chi connectivity index (χ0v) is 14.8. The number of carbonyl (C=O) groups excluding carboxylic acids is 1. The van der Waals surface area contributed by atoms with Crippen LogP contribution in [-0.4, -0.2) is 15.9 Å². The van der Waals surface area contributed by atoms with Gasteiger partial charge in [-0.15, -0.1) is 11.3 Å². The van der Waals surface area contributed by atoms with Crippen LogP contribution in [0.4, 0.5) is 5.00 Å². The number of nitrogens with zero attached hydrogens (tertiary/aromatic N) is 2. The Bertz CT molecular complexity index is 957. The second-order valence-corrected chi connectivity index (χ2v) is 7.42. The van der Waals surface area contributed by atoms with E-state index in [0.29, 0.717) is 11.5 Å². The third kappa shape index (κ3) is 2.69. The van der Waals surface area contributed by atoms with Crippen LogP contribution < -0.4 is 5.32 Å². The molecule has 0 aliphatic heterocycles. The van der Waals surface area contributed by atoms with Gasteiger partial charge in [0.05, 0.1) is 22.3 Å². The fraction of sp³-hybridized carbons (Fsp3) is 0.316. The summed E-state index contributed by atoms with van der Waals surface area (Å²) in [6.07, 6.45) is 2.33. The lowest BCUT2D eigenvalue weighted by Crippen LogP contribution is -2.13. The van der Waals surface area contributed by atoms with E-state index in [2.05, 4.69) is 36.3 Å². The highest BCUT2D eigenvalue weighted by Crippen LogP contribution is 2.40. The highest BCUT2D eigenvalue weighted by atomic mass is 32.1. The first kappa shape index (κ1) is 15.3. The monoisotopic (exact) mass is 337 g/mol. The molecule has 0 unspecified atom stereocenters. The number of benzene rings is 1. The molecule has 0 radical (unpaired) electrons. The number of rotatable bonds is 3. The van der Waals surface area contributed by atoms with Crippen LogP contribution in [0, 0.1) is 20.8 Å². The first-order valence-corrected chi connectivity index (χ1v) is 9.04. The van der Waals surface area contributed by atoms with Crippen LogP contribution in [-0.2, 0) is 0 Å². The predicted octanol–water partition coefficient (Wildman–Crippen LogP) is 4.75. The summed E-state index contributed by atoms with van der Waals surface area (Å²) in [5.41, 5.74) is 7.55. The minimum absolute atomic E-state index is 0.0818. The molecule has 2 heterocycles. The summed E-state index contributed by atoms with van der Waals surface area (Å²) in [4.78, 5) is 22.0. The molecular weight excluding hydrogens is 318 g/mol. The lowest BCUT2D eigenvalue weighted by Gasteiger charge is -2.12. The van der Waals surface area contributed by atoms with Crippen LogP contribution in [0.1, 0.15) is 51.6 Å². The first-order chi connectivity index (χ1) is 11.5. The van der Waals surface area contributed by atoms with Crippen LogP contribution in [0.3, 0.4) is 0 Å². The molecule has 1 aliphatic rings. The first-order valence-electron chi connectivity index (χ1n) is 8.16. The number of amides is 1. The number of thiazole rings is 1. The fourth-order valence-corrected chi connectivity index (χ4v) is 3.76. The largest absolute Gasteiger partial charge is 0.312 e. The molecule has 4 rings (SSSR count). The van der Waals surface area contributed by atoms with Gasteiger partial charge < -0.3 is 5.32 Å². The van der Waals surface area contributed by atoms with Crippen LogP contribution >= 0.6 is 11.3 Å². The van der Waals surface area contributed by atoms with Crippen molar-refractivity contribution in [1.29, 1.82) is 0 Å². The molecule has 24 heavy (non-hydrogen) atoms. The Morgan fingerprint density at radius 1 is 1.21 bits per heavy atom. The van der Waals surface area contributed by atoms with Gasteiger partial charge in [-0.2, -0.15) is 0 Å². The van der Waals surface area contributed by atoms with Crippen molar-refractivity contribution < 1.29 is 4.79 Å². The van der Waals surface area contributed by atoms with Gasteiger partial charge in [-0.3, -0.25) is 9.78 Å². The summed E-state index contributed by atoms with van der Waals surface area (Å²) in [6.45, 7) is 6.02. The summed E-state index contributed by atoms with van der Waals surface area (Å²) in [5.74, 6) is 0.424. The summed E-state index contributed by atoms with van der Waals surface area (Å²) < 4.78 is 0. The maximum absolute atomic E-state index is 12.9. The lowest BCUT2D eigenvalue weighted by molar-refractivity contribution is 0.102. The van der Waals surface area contributed by atoms with E-state index in [4.69, 9.17) is 4.98 Å². The third-order valence-corrected chi connectivity index (χ3v) is 5.32. The number of fused-ring (bicyclic) bond motifs is 1. The average Bonchev–Trinajstić information content (AvgIpc) is 3.31. The van der Waals surface area contributed by atoms with Gasteiger partial charge in [-0.05, 0) is 51.3 Å². The molecule has 1 aliphatic carbocycles. The maximum atomic E-state index is 12.9. The van der Waals surface area contributed by atoms with E-state index in [1.807, 2.05) is 13.0 Å². The van der Waals surface area contributed by atoms with Crippen LogP contribution in [0.2, 0.25) is 0 Å². The van der Waals surface area contributed by atoms with Gasteiger partial charge in [0.1, 0.15) is 5.00 Å². The number of aryl methyl sites for hydroxylation is 3. The molecule has 4 nitrogen and oxygen atoms in total. The van der Waals surface area contributed by atoms with Crippen molar-refractivity contribution in [2.24, 2.45) is 0 Å². The number of pyridine rings is 1. The summed E-state index contributed by atoms with van der Waals surface area (Å²) in [5, 5.41) is 4.75. The Morgan fingerprint density at radius 2 is 2.00 bits per heavy atom. The van der Waals surface area contributed by atoms with Gasteiger partial charge in [-0.1, -0.05) is 11.6 Å². The molecule has 2 aromatic heterocycles. The van der Waals surface area contributed by atoms with E-state index in [9.17, 15) is 4.79 Å². The molecular formula is C19H19N3OS. The van der Waals surface area contributed by atoms with Crippen molar-refractivity contribution in [3.63, 3.8) is 0 Å². The molecule has 1 N–H and O–H groups in total. The number of aromatic nitrogens is 2. The van der Waals surface area contributed by atoms with Gasteiger partial charge in [0.25, 0.3) is 5.91 Å². The van der Waals surface area contributed by atoms with Crippen LogP contribution in [0.25, 0.3) is 10.9 Å². The Morgan fingerprint density at radius 3 is 2.67 bits per heavy atom. The molecule has 0 atom stereocenters. The standard InChI is InChI=1S/C19H19N3OS/c1-10-6-11(2)17-14(7-10)15(8-16(21-17)13-4-5-13)18(23)22-19-12(3)20-9-24-19/h6-9,13H,4-5H2,1-3H3,(H,22,23). The number of hydrogen-bond donors (Lipinski definition) is 1. The Hall–Kier alpha value is -2.27. The molecule has 0 saturated heterocycles. The van der Waals surface area contributed by atoms with Gasteiger partial charge >= 0.3 is 0 Å². The Labute approximate surface area is 145 Å². The molecule has 1 aromatic carbocycles. The smallest absolute Gasteiger partial charge is 0.257 e. The van der Waals surface area contributed by atoms with Crippen molar-refractivity contribution in [2.45, 2.75) is 39.5 Å². The van der Waals surface area contributed by atoms with Crippen LogP contribution in [0.15, 0.2) is 23.7 Å². The van der Waals surface area contributed by atoms with Crippen molar-refractivity contribution in [3.8, 4) is 0 Å².